The van der Waals surface area contributed by atoms with Crippen molar-refractivity contribution in [3.05, 3.63) is 66.1 Å². The lowest BCUT2D eigenvalue weighted by Crippen LogP contribution is -2.03. The number of aromatic amines is 1. The number of hydrogen-bond acceptors (Lipinski definition) is 5. The van der Waals surface area contributed by atoms with Crippen LogP contribution < -0.4 is 5.73 Å². The molecule has 31 heavy (non-hydrogen) atoms. The monoisotopic (exact) mass is 410 g/mol. The summed E-state index contributed by atoms with van der Waals surface area (Å²) in [5.74, 6) is 1.71. The molecule has 0 spiro atoms. The number of nitrogens with one attached hydrogen (secondary N) is 1. The van der Waals surface area contributed by atoms with Crippen LogP contribution in [0.4, 0.5) is 5.82 Å². The molecule has 4 aromatic rings. The number of aromatic nitrogens is 6. The maximum absolute atomic E-state index is 9.12. The van der Waals surface area contributed by atoms with Crippen molar-refractivity contribution in [2.75, 3.05) is 5.73 Å². The molecule has 0 saturated heterocycles. The molecule has 0 amide bonds. The summed E-state index contributed by atoms with van der Waals surface area (Å²) in [4.78, 5) is 7.92. The Morgan fingerprint density at radius 2 is 1.97 bits per heavy atom. The Balaban J connectivity index is 1.72. The lowest BCUT2D eigenvalue weighted by molar-refractivity contribution is 0.578. The van der Waals surface area contributed by atoms with Crippen molar-refractivity contribution < 1.29 is 0 Å². The van der Waals surface area contributed by atoms with Gasteiger partial charge in [-0.05, 0) is 49.9 Å². The molecule has 0 atom stereocenters. The highest BCUT2D eigenvalue weighted by molar-refractivity contribution is 5.91. The summed E-state index contributed by atoms with van der Waals surface area (Å²) in [6.45, 7) is 2.76. The van der Waals surface area contributed by atoms with E-state index in [2.05, 4.69) is 21.1 Å². The number of fused-ring (bicyclic) bond motifs is 1. The van der Waals surface area contributed by atoms with Crippen molar-refractivity contribution >= 4 is 16.9 Å². The second-order valence-corrected chi connectivity index (χ2v) is 7.85. The molecule has 0 unspecified atom stereocenters. The fourth-order valence-electron chi connectivity index (χ4n) is 3.56. The first kappa shape index (κ1) is 18.9. The fourth-order valence-corrected chi connectivity index (χ4v) is 3.56. The predicted octanol–water partition coefficient (Wildman–Crippen LogP) is 3.91. The number of H-pyrrole nitrogens is 1. The molecule has 3 aromatic heterocycles. The van der Waals surface area contributed by atoms with E-state index in [0.29, 0.717) is 23.1 Å². The number of nitrogens with zero attached hydrogens (tertiary/aromatic N) is 6. The quantitative estimate of drug-likeness (QED) is 0.529. The van der Waals surface area contributed by atoms with E-state index in [0.717, 1.165) is 34.5 Å². The van der Waals surface area contributed by atoms with E-state index in [1.54, 1.807) is 29.1 Å². The van der Waals surface area contributed by atoms with E-state index in [1.807, 2.05) is 42.1 Å². The first-order valence-electron chi connectivity index (χ1n) is 10.2. The van der Waals surface area contributed by atoms with Crippen LogP contribution in [0.15, 0.2) is 54.9 Å². The zero-order valence-electron chi connectivity index (χ0n) is 17.2. The molecular weight excluding hydrogens is 388 g/mol. The normalized spacial score (nSPS) is 13.2. The molecule has 3 N–H and O–H groups in total. The van der Waals surface area contributed by atoms with Gasteiger partial charge < -0.3 is 10.7 Å². The van der Waals surface area contributed by atoms with Gasteiger partial charge in [-0.25, -0.2) is 14.3 Å². The summed E-state index contributed by atoms with van der Waals surface area (Å²) < 4.78 is 3.69. The Kier molecular flexibility index (Phi) is 4.64. The molecule has 1 aliphatic carbocycles. The van der Waals surface area contributed by atoms with E-state index in [4.69, 9.17) is 16.1 Å². The molecular formula is C23H22N8. The van der Waals surface area contributed by atoms with Gasteiger partial charge in [-0.3, -0.25) is 0 Å². The average Bonchev–Trinajstić information content (AvgIpc) is 3.37. The smallest absolute Gasteiger partial charge is 0.156 e. The number of benzene rings is 1. The maximum Gasteiger partial charge on any atom is 0.156 e. The number of hydrogen-bond donors (Lipinski definition) is 2. The minimum absolute atomic E-state index is 0.458. The Labute approximate surface area is 179 Å². The van der Waals surface area contributed by atoms with Gasteiger partial charge in [0, 0.05) is 36.0 Å². The molecule has 1 aliphatic rings. The van der Waals surface area contributed by atoms with Crippen LogP contribution in [0.1, 0.15) is 24.1 Å². The zero-order valence-corrected chi connectivity index (χ0v) is 17.2. The summed E-state index contributed by atoms with van der Waals surface area (Å²) in [6, 6.07) is 15.2. The van der Waals surface area contributed by atoms with Crippen LogP contribution >= 0.6 is 0 Å². The third-order valence-electron chi connectivity index (χ3n) is 5.36. The topological polar surface area (TPSA) is 114 Å². The van der Waals surface area contributed by atoms with Gasteiger partial charge in [0.2, 0.25) is 0 Å². The maximum atomic E-state index is 9.12. The van der Waals surface area contributed by atoms with Gasteiger partial charge >= 0.3 is 0 Å². The lowest BCUT2D eigenvalue weighted by atomic mass is 10.1. The Hall–Kier alpha value is -4.12. The second-order valence-electron chi connectivity index (χ2n) is 7.85. The van der Waals surface area contributed by atoms with E-state index >= 15 is 0 Å². The third-order valence-corrected chi connectivity index (χ3v) is 5.36. The van der Waals surface area contributed by atoms with E-state index < -0.39 is 0 Å². The highest BCUT2D eigenvalue weighted by Crippen LogP contribution is 2.33. The van der Waals surface area contributed by atoms with Crippen LogP contribution in [0.3, 0.4) is 0 Å². The number of nitrogens with two attached hydrogens (primary N) is 1. The fraction of sp³-hybridized carbons (Fsp3) is 0.217. The summed E-state index contributed by atoms with van der Waals surface area (Å²) >= 11 is 0. The van der Waals surface area contributed by atoms with Crippen molar-refractivity contribution in [3.8, 4) is 23.1 Å². The number of nitrogen functional groups attached to an aromatic ring is 1. The van der Waals surface area contributed by atoms with Gasteiger partial charge in [-0.1, -0.05) is 12.1 Å². The van der Waals surface area contributed by atoms with Crippen molar-refractivity contribution in [2.24, 2.45) is 5.92 Å². The number of aryl methyl sites for hydroxylation is 1. The summed E-state index contributed by atoms with van der Waals surface area (Å²) in [7, 11) is 0. The molecule has 154 valence electrons. The van der Waals surface area contributed by atoms with Gasteiger partial charge in [0.1, 0.15) is 17.2 Å². The molecule has 0 aliphatic heterocycles. The van der Waals surface area contributed by atoms with E-state index in [1.165, 1.54) is 12.8 Å². The van der Waals surface area contributed by atoms with Gasteiger partial charge in [-0.2, -0.15) is 15.5 Å². The van der Waals surface area contributed by atoms with Crippen LogP contribution in [0.25, 0.3) is 28.1 Å². The zero-order chi connectivity index (χ0) is 21.4. The van der Waals surface area contributed by atoms with Crippen molar-refractivity contribution in [3.63, 3.8) is 0 Å². The van der Waals surface area contributed by atoms with E-state index in [9.17, 15) is 0 Å². The summed E-state index contributed by atoms with van der Waals surface area (Å²) in [6.07, 6.45) is 6.04. The first-order chi connectivity index (χ1) is 15.1. The van der Waals surface area contributed by atoms with Crippen LogP contribution in [-0.4, -0.2) is 29.5 Å². The van der Waals surface area contributed by atoms with Gasteiger partial charge in [0.05, 0.1) is 17.3 Å². The van der Waals surface area contributed by atoms with Crippen LogP contribution in [-0.2, 0) is 6.54 Å². The molecule has 0 bridgehead atoms. The Morgan fingerprint density at radius 1 is 1.16 bits per heavy atom. The standard InChI is InChI=1S/C23H22N8/c1-15-9-11-30(28-15)21-12-20(25)27-23-19(8-10-26-21)22(29-31(23)14-17-2-3-17)18-6-4-16(13-24)5-7-18/h4-12,17,27H,2-3,14,25H2,1H3. The Morgan fingerprint density at radius 3 is 2.65 bits per heavy atom. The Bertz CT molecular complexity index is 1340. The van der Waals surface area contributed by atoms with Crippen molar-refractivity contribution in [1.29, 1.82) is 5.26 Å². The van der Waals surface area contributed by atoms with Crippen LogP contribution in [0.5, 0.6) is 0 Å². The highest BCUT2D eigenvalue weighted by atomic mass is 15.3. The van der Waals surface area contributed by atoms with Crippen LogP contribution in [0.2, 0.25) is 0 Å². The molecule has 5 rings (SSSR count). The molecule has 8 heteroatoms. The molecule has 8 nitrogen and oxygen atoms in total. The predicted molar refractivity (Wildman–Crippen MR) is 119 cm³/mol. The first-order valence-corrected chi connectivity index (χ1v) is 10.2. The summed E-state index contributed by atoms with van der Waals surface area (Å²) in [5.41, 5.74) is 10.5. The number of rotatable bonds is 4. The van der Waals surface area contributed by atoms with Crippen molar-refractivity contribution in [1.82, 2.24) is 29.5 Å². The minimum Gasteiger partial charge on any atom is -0.385 e. The van der Waals surface area contributed by atoms with E-state index in [-0.39, 0.29) is 0 Å². The van der Waals surface area contributed by atoms with Crippen LogP contribution in [0, 0.1) is 24.2 Å². The molecule has 1 aromatic carbocycles. The minimum atomic E-state index is 0.458. The van der Waals surface area contributed by atoms with Crippen molar-refractivity contribution in [2.45, 2.75) is 26.3 Å². The number of nitriles is 1. The van der Waals surface area contributed by atoms with Gasteiger partial charge in [0.15, 0.2) is 5.82 Å². The van der Waals surface area contributed by atoms with Gasteiger partial charge in [-0.15, -0.1) is 0 Å². The molecule has 1 saturated carbocycles. The second kappa shape index (κ2) is 7.61. The molecule has 3 heterocycles. The highest BCUT2D eigenvalue weighted by Gasteiger charge is 2.24. The lowest BCUT2D eigenvalue weighted by Gasteiger charge is -2.01. The largest absolute Gasteiger partial charge is 0.385 e. The summed E-state index contributed by atoms with van der Waals surface area (Å²) in [5, 5.41) is 19.4. The third kappa shape index (κ3) is 3.85. The number of anilines is 1. The molecule has 0 radical (unpaired) electrons. The SMILES string of the molecule is Cc1ccn(-c2cc(N)[nH]c3c(ccn2)c(-c2ccc(C#N)cc2)nn3CC2CC2)n1. The van der Waals surface area contributed by atoms with Gasteiger partial charge in [0.25, 0.3) is 0 Å². The molecule has 1 fully saturated rings. The average molecular weight is 410 g/mol.